The van der Waals surface area contributed by atoms with Crippen molar-refractivity contribution in [3.63, 3.8) is 0 Å². The van der Waals surface area contributed by atoms with E-state index in [2.05, 4.69) is 20.2 Å². The third-order valence-corrected chi connectivity index (χ3v) is 4.63. The van der Waals surface area contributed by atoms with Crippen molar-refractivity contribution >= 4 is 17.3 Å². The number of nitrogens with zero attached hydrogens (tertiary/aromatic N) is 4. The van der Waals surface area contributed by atoms with Gasteiger partial charge < -0.3 is 10.2 Å². The number of rotatable bonds is 4. The van der Waals surface area contributed by atoms with Crippen LogP contribution in [0.4, 0.5) is 5.69 Å². The monoisotopic (exact) mass is 311 g/mol. The van der Waals surface area contributed by atoms with Crippen LogP contribution < -0.4 is 15.8 Å². The Bertz CT molecular complexity index is 549. The van der Waals surface area contributed by atoms with Gasteiger partial charge >= 0.3 is 0 Å². The molecule has 2 aliphatic heterocycles. The van der Waals surface area contributed by atoms with Gasteiger partial charge in [-0.2, -0.15) is 5.10 Å². The van der Waals surface area contributed by atoms with Crippen molar-refractivity contribution in [1.29, 1.82) is 0 Å². The zero-order valence-electron chi connectivity index (χ0n) is 12.4. The fraction of sp³-hybridized carbons (Fsp3) is 0.714. The van der Waals surface area contributed by atoms with Crippen molar-refractivity contribution in [3.8, 4) is 0 Å². The second kappa shape index (κ2) is 6.34. The Hall–Kier alpha value is -1.11. The highest BCUT2D eigenvalue weighted by Gasteiger charge is 2.34. The second-order valence-corrected chi connectivity index (χ2v) is 6.09. The van der Waals surface area contributed by atoms with Crippen LogP contribution in [0.25, 0.3) is 0 Å². The summed E-state index contributed by atoms with van der Waals surface area (Å²) in [7, 11) is 0. The van der Waals surface area contributed by atoms with Crippen molar-refractivity contribution in [2.45, 2.75) is 25.9 Å². The maximum atomic E-state index is 12.1. The average molecular weight is 312 g/mol. The molecule has 0 spiro atoms. The summed E-state index contributed by atoms with van der Waals surface area (Å²) in [5.74, 6) is 0. The largest absolute Gasteiger partial charge is 0.366 e. The summed E-state index contributed by atoms with van der Waals surface area (Å²) in [5.41, 5.74) is 0.599. The summed E-state index contributed by atoms with van der Waals surface area (Å²) in [4.78, 5) is 16.8. The number of aryl methyl sites for hydroxylation is 1. The van der Waals surface area contributed by atoms with Gasteiger partial charge in [-0.3, -0.25) is 9.69 Å². The maximum absolute atomic E-state index is 12.1. The second-order valence-electron chi connectivity index (χ2n) is 5.72. The van der Waals surface area contributed by atoms with Gasteiger partial charge in [0, 0.05) is 51.9 Å². The highest BCUT2D eigenvalue weighted by molar-refractivity contribution is 6.33. The molecule has 0 saturated carbocycles. The highest BCUT2D eigenvalue weighted by atomic mass is 35.5. The van der Waals surface area contributed by atoms with Crippen LogP contribution in [-0.4, -0.2) is 60.0 Å². The van der Waals surface area contributed by atoms with E-state index in [1.54, 1.807) is 6.20 Å². The highest BCUT2D eigenvalue weighted by Crippen LogP contribution is 2.27. The Morgan fingerprint density at radius 3 is 2.76 bits per heavy atom. The van der Waals surface area contributed by atoms with E-state index < -0.39 is 0 Å². The SMILES string of the molecule is CCCn1ncc(N2CC(N3CCNCC3)C2)c(Cl)c1=O. The topological polar surface area (TPSA) is 53.4 Å². The van der Waals surface area contributed by atoms with Crippen LogP contribution in [0.15, 0.2) is 11.0 Å². The fourth-order valence-electron chi connectivity index (χ4n) is 2.98. The van der Waals surface area contributed by atoms with Crippen molar-refractivity contribution in [2.24, 2.45) is 0 Å². The minimum absolute atomic E-state index is 0.179. The molecule has 3 rings (SSSR count). The molecule has 6 nitrogen and oxygen atoms in total. The van der Waals surface area contributed by atoms with Crippen LogP contribution >= 0.6 is 11.6 Å². The van der Waals surface area contributed by atoms with E-state index in [9.17, 15) is 4.79 Å². The van der Waals surface area contributed by atoms with E-state index in [1.165, 1.54) is 4.68 Å². The van der Waals surface area contributed by atoms with Crippen molar-refractivity contribution < 1.29 is 0 Å². The van der Waals surface area contributed by atoms with Crippen LogP contribution in [0.2, 0.25) is 5.02 Å². The lowest BCUT2D eigenvalue weighted by Crippen LogP contribution is -2.63. The van der Waals surface area contributed by atoms with E-state index in [-0.39, 0.29) is 5.56 Å². The number of hydrogen-bond donors (Lipinski definition) is 1. The fourth-order valence-corrected chi connectivity index (χ4v) is 3.24. The van der Waals surface area contributed by atoms with Gasteiger partial charge in [0.2, 0.25) is 0 Å². The number of aromatic nitrogens is 2. The quantitative estimate of drug-likeness (QED) is 0.872. The molecule has 2 saturated heterocycles. The van der Waals surface area contributed by atoms with Gasteiger partial charge in [0.1, 0.15) is 5.02 Å². The first-order valence-electron chi connectivity index (χ1n) is 7.66. The van der Waals surface area contributed by atoms with Crippen LogP contribution in [0.5, 0.6) is 0 Å². The van der Waals surface area contributed by atoms with Gasteiger partial charge in [-0.1, -0.05) is 18.5 Å². The minimum Gasteiger partial charge on any atom is -0.366 e. The maximum Gasteiger partial charge on any atom is 0.287 e. The van der Waals surface area contributed by atoms with Crippen molar-refractivity contribution in [3.05, 3.63) is 21.6 Å². The van der Waals surface area contributed by atoms with Gasteiger partial charge in [0.25, 0.3) is 5.56 Å². The molecule has 2 fully saturated rings. The van der Waals surface area contributed by atoms with Gasteiger partial charge in [-0.15, -0.1) is 0 Å². The Morgan fingerprint density at radius 2 is 2.10 bits per heavy atom. The smallest absolute Gasteiger partial charge is 0.287 e. The van der Waals surface area contributed by atoms with Crippen LogP contribution in [0.1, 0.15) is 13.3 Å². The normalized spacial score (nSPS) is 20.6. The minimum atomic E-state index is -0.179. The van der Waals surface area contributed by atoms with E-state index in [4.69, 9.17) is 11.6 Å². The Balaban J connectivity index is 1.66. The number of halogens is 1. The molecule has 2 aliphatic rings. The molecule has 0 aromatic carbocycles. The third-order valence-electron chi connectivity index (χ3n) is 4.27. The molecule has 0 aliphatic carbocycles. The lowest BCUT2D eigenvalue weighted by Gasteiger charge is -2.47. The lowest BCUT2D eigenvalue weighted by atomic mass is 10.1. The summed E-state index contributed by atoms with van der Waals surface area (Å²) >= 11 is 6.24. The van der Waals surface area contributed by atoms with E-state index in [1.807, 2.05) is 6.92 Å². The standard InChI is InChI=1S/C14H22ClN5O/c1-2-5-20-14(21)13(15)12(8-17-20)19-9-11(10-19)18-6-3-16-4-7-18/h8,11,16H,2-7,9-10H2,1H3. The molecule has 0 atom stereocenters. The molecule has 116 valence electrons. The summed E-state index contributed by atoms with van der Waals surface area (Å²) in [6, 6.07) is 0.571. The van der Waals surface area contributed by atoms with Crippen molar-refractivity contribution in [1.82, 2.24) is 20.0 Å². The number of nitrogens with one attached hydrogen (secondary N) is 1. The van der Waals surface area contributed by atoms with E-state index >= 15 is 0 Å². The van der Waals surface area contributed by atoms with Gasteiger partial charge in [0.05, 0.1) is 11.9 Å². The first-order chi connectivity index (χ1) is 10.2. The molecule has 1 N–H and O–H groups in total. The first-order valence-corrected chi connectivity index (χ1v) is 8.04. The van der Waals surface area contributed by atoms with Crippen LogP contribution in [0, 0.1) is 0 Å². The Morgan fingerprint density at radius 1 is 1.38 bits per heavy atom. The zero-order chi connectivity index (χ0) is 14.8. The van der Waals surface area contributed by atoms with E-state index in [0.29, 0.717) is 17.6 Å². The van der Waals surface area contributed by atoms with Gasteiger partial charge in [0.15, 0.2) is 0 Å². The van der Waals surface area contributed by atoms with Gasteiger partial charge in [-0.25, -0.2) is 4.68 Å². The molecule has 21 heavy (non-hydrogen) atoms. The molecule has 3 heterocycles. The van der Waals surface area contributed by atoms with E-state index in [0.717, 1.165) is 51.4 Å². The van der Waals surface area contributed by atoms with Gasteiger partial charge in [-0.05, 0) is 6.42 Å². The van der Waals surface area contributed by atoms with Crippen molar-refractivity contribution in [2.75, 3.05) is 44.2 Å². The molecule has 0 amide bonds. The molecule has 0 bridgehead atoms. The predicted octanol–water partition coefficient (Wildman–Crippen LogP) is 0.401. The molecule has 1 aromatic heterocycles. The zero-order valence-corrected chi connectivity index (χ0v) is 13.1. The average Bonchev–Trinajstić information content (AvgIpc) is 2.46. The lowest BCUT2D eigenvalue weighted by molar-refractivity contribution is 0.147. The van der Waals surface area contributed by atoms with Crippen LogP contribution in [0.3, 0.4) is 0 Å². The summed E-state index contributed by atoms with van der Waals surface area (Å²) in [5, 5.41) is 7.89. The van der Waals surface area contributed by atoms with Crippen LogP contribution in [-0.2, 0) is 6.54 Å². The number of piperazine rings is 1. The molecule has 0 unspecified atom stereocenters. The molecular formula is C14H22ClN5O. The molecule has 7 heteroatoms. The number of anilines is 1. The summed E-state index contributed by atoms with van der Waals surface area (Å²) < 4.78 is 1.44. The summed E-state index contributed by atoms with van der Waals surface area (Å²) in [6.45, 7) is 8.81. The first kappa shape index (κ1) is 14.8. The Labute approximate surface area is 129 Å². The number of hydrogen-bond acceptors (Lipinski definition) is 5. The molecule has 0 radical (unpaired) electrons. The summed E-state index contributed by atoms with van der Waals surface area (Å²) in [6.07, 6.45) is 2.60. The third kappa shape index (κ3) is 2.93. The predicted molar refractivity (Wildman–Crippen MR) is 84.2 cm³/mol. The molecular weight excluding hydrogens is 290 g/mol. The Kier molecular flexibility index (Phi) is 4.47. The molecule has 1 aromatic rings.